The van der Waals surface area contributed by atoms with Crippen molar-refractivity contribution in [1.29, 1.82) is 0 Å². The Morgan fingerprint density at radius 1 is 1.18 bits per heavy atom. The summed E-state index contributed by atoms with van der Waals surface area (Å²) < 4.78 is 5.49. The van der Waals surface area contributed by atoms with Gasteiger partial charge in [0, 0.05) is 0 Å². The van der Waals surface area contributed by atoms with Gasteiger partial charge in [0.1, 0.15) is 23.1 Å². The minimum absolute atomic E-state index is 0.206. The zero-order chi connectivity index (χ0) is 19.7. The molecule has 0 spiro atoms. The lowest BCUT2D eigenvalue weighted by molar-refractivity contribution is 0.0933. The van der Waals surface area contributed by atoms with Gasteiger partial charge < -0.3 is 19.8 Å². The van der Waals surface area contributed by atoms with Gasteiger partial charge in [0.15, 0.2) is 0 Å². The molecule has 6 nitrogen and oxygen atoms in total. The maximum Gasteiger partial charge on any atom is 0.255 e. The van der Waals surface area contributed by atoms with Crippen LogP contribution in [0.5, 0.6) is 5.75 Å². The topological polar surface area (TPSA) is 91.1 Å². The van der Waals surface area contributed by atoms with Gasteiger partial charge in [0.25, 0.3) is 5.91 Å². The van der Waals surface area contributed by atoms with Crippen molar-refractivity contribution >= 4 is 16.9 Å². The third-order valence-electron chi connectivity index (χ3n) is 4.70. The van der Waals surface area contributed by atoms with E-state index in [4.69, 9.17) is 4.42 Å². The quantitative estimate of drug-likeness (QED) is 0.488. The number of phenolic OH excluding ortho intramolecular Hbond substituents is 1. The maximum absolute atomic E-state index is 12.9. The number of phenols is 1. The molecular formula is C22H21N3O3. The van der Waals surface area contributed by atoms with Gasteiger partial charge in [0.05, 0.1) is 22.6 Å². The van der Waals surface area contributed by atoms with Crippen LogP contribution in [0.15, 0.2) is 59.0 Å². The van der Waals surface area contributed by atoms with E-state index in [0.29, 0.717) is 29.3 Å². The first-order chi connectivity index (χ1) is 13.5. The predicted molar refractivity (Wildman–Crippen MR) is 106 cm³/mol. The normalized spacial score (nSPS) is 12.2. The molecule has 2 aromatic carbocycles. The highest BCUT2D eigenvalue weighted by Crippen LogP contribution is 2.22. The molecule has 3 N–H and O–H groups in total. The summed E-state index contributed by atoms with van der Waals surface area (Å²) in [6.45, 7) is 3.59. The van der Waals surface area contributed by atoms with E-state index >= 15 is 0 Å². The molecule has 28 heavy (non-hydrogen) atoms. The Kier molecular flexibility index (Phi) is 4.61. The van der Waals surface area contributed by atoms with Crippen LogP contribution < -0.4 is 5.32 Å². The van der Waals surface area contributed by atoms with Crippen molar-refractivity contribution in [1.82, 2.24) is 15.3 Å². The summed E-state index contributed by atoms with van der Waals surface area (Å²) in [7, 11) is 0. The van der Waals surface area contributed by atoms with Gasteiger partial charge in [-0.05, 0) is 56.2 Å². The number of aryl methyl sites for hydroxylation is 2. The summed E-state index contributed by atoms with van der Waals surface area (Å²) in [6, 6.07) is 16.1. The zero-order valence-electron chi connectivity index (χ0n) is 15.7. The maximum atomic E-state index is 12.9. The Hall–Kier alpha value is -3.54. The van der Waals surface area contributed by atoms with Crippen LogP contribution in [0.1, 0.15) is 39.3 Å². The monoisotopic (exact) mass is 375 g/mol. The summed E-state index contributed by atoms with van der Waals surface area (Å²) in [4.78, 5) is 20.8. The number of H-pyrrole nitrogens is 1. The van der Waals surface area contributed by atoms with E-state index in [9.17, 15) is 9.90 Å². The Balaban J connectivity index is 1.66. The van der Waals surface area contributed by atoms with E-state index in [0.717, 1.165) is 16.6 Å². The number of fused-ring (bicyclic) bond motifs is 1. The molecule has 4 rings (SSSR count). The van der Waals surface area contributed by atoms with Gasteiger partial charge in [0.2, 0.25) is 0 Å². The Bertz CT molecular complexity index is 1090. The summed E-state index contributed by atoms with van der Waals surface area (Å²) in [5, 5.41) is 12.6. The molecule has 0 bridgehead atoms. The van der Waals surface area contributed by atoms with Crippen molar-refractivity contribution in [2.75, 3.05) is 0 Å². The van der Waals surface area contributed by atoms with Gasteiger partial charge in [-0.1, -0.05) is 24.3 Å². The van der Waals surface area contributed by atoms with Crippen LogP contribution in [0.4, 0.5) is 0 Å². The number of benzene rings is 2. The predicted octanol–water partition coefficient (Wildman–Crippen LogP) is 4.19. The number of carbonyl (C=O) groups excluding carboxylic acids is 1. The number of furan rings is 1. The number of imidazole rings is 1. The number of aromatic nitrogens is 2. The summed E-state index contributed by atoms with van der Waals surface area (Å²) in [5.74, 6) is 1.96. The molecule has 142 valence electrons. The van der Waals surface area contributed by atoms with Gasteiger partial charge in [-0.15, -0.1) is 0 Å². The largest absolute Gasteiger partial charge is 0.508 e. The summed E-state index contributed by atoms with van der Waals surface area (Å²) >= 11 is 0. The molecule has 0 aliphatic rings. The van der Waals surface area contributed by atoms with Crippen molar-refractivity contribution in [3.8, 4) is 5.75 Å². The van der Waals surface area contributed by atoms with E-state index in [1.807, 2.05) is 43.3 Å². The molecule has 0 fully saturated rings. The van der Waals surface area contributed by atoms with Crippen molar-refractivity contribution in [3.63, 3.8) is 0 Å². The molecule has 2 aromatic heterocycles. The molecule has 0 aliphatic carbocycles. The van der Waals surface area contributed by atoms with Crippen molar-refractivity contribution in [2.45, 2.75) is 26.3 Å². The average Bonchev–Trinajstić information content (AvgIpc) is 3.25. The van der Waals surface area contributed by atoms with Crippen LogP contribution in [0.3, 0.4) is 0 Å². The van der Waals surface area contributed by atoms with E-state index in [-0.39, 0.29) is 17.7 Å². The third kappa shape index (κ3) is 3.62. The number of nitrogens with one attached hydrogen (secondary N) is 2. The van der Waals surface area contributed by atoms with Crippen molar-refractivity contribution < 1.29 is 14.3 Å². The summed E-state index contributed by atoms with van der Waals surface area (Å²) in [6.07, 6.45) is 0.529. The number of hydrogen-bond acceptors (Lipinski definition) is 4. The fraction of sp³-hybridized carbons (Fsp3) is 0.182. The van der Waals surface area contributed by atoms with Crippen LogP contribution in [0.2, 0.25) is 0 Å². The molecule has 0 unspecified atom stereocenters. The fourth-order valence-electron chi connectivity index (χ4n) is 3.31. The van der Waals surface area contributed by atoms with Gasteiger partial charge in [-0.3, -0.25) is 4.79 Å². The molecular weight excluding hydrogens is 354 g/mol. The average molecular weight is 375 g/mol. The van der Waals surface area contributed by atoms with Gasteiger partial charge in [-0.25, -0.2) is 4.98 Å². The second-order valence-electron chi connectivity index (χ2n) is 6.86. The molecule has 0 aliphatic heterocycles. The molecule has 0 radical (unpaired) electrons. The fourth-order valence-corrected chi connectivity index (χ4v) is 3.31. The number of aromatic amines is 1. The van der Waals surface area contributed by atoms with E-state index in [2.05, 4.69) is 15.3 Å². The standard InChI is InChI=1S/C22H21N3O3/c1-13-11-17(14(2)28-13)22(27)25-20(12-15-7-9-16(26)10-8-15)21-23-18-5-3-4-6-19(18)24-21/h3-11,20,26H,12H2,1-2H3,(H,23,24)(H,25,27)/t20-/m0/s1. The second-order valence-corrected chi connectivity index (χ2v) is 6.86. The van der Waals surface area contributed by atoms with Gasteiger partial charge in [-0.2, -0.15) is 0 Å². The highest BCUT2D eigenvalue weighted by molar-refractivity contribution is 5.95. The molecule has 0 saturated heterocycles. The molecule has 1 amide bonds. The SMILES string of the molecule is Cc1cc(C(=O)N[C@@H](Cc2ccc(O)cc2)c2nc3ccccc3[nH]2)c(C)o1. The van der Waals surface area contributed by atoms with Crippen LogP contribution in [0.25, 0.3) is 11.0 Å². The third-order valence-corrected chi connectivity index (χ3v) is 4.70. The van der Waals surface area contributed by atoms with Crippen LogP contribution >= 0.6 is 0 Å². The highest BCUT2D eigenvalue weighted by Gasteiger charge is 2.22. The molecule has 0 saturated carbocycles. The number of nitrogens with zero attached hydrogens (tertiary/aromatic N) is 1. The first-order valence-electron chi connectivity index (χ1n) is 9.10. The van der Waals surface area contributed by atoms with Crippen LogP contribution in [0, 0.1) is 13.8 Å². The first kappa shape index (κ1) is 17.9. The zero-order valence-corrected chi connectivity index (χ0v) is 15.7. The minimum atomic E-state index is -0.362. The molecule has 4 aromatic rings. The van der Waals surface area contributed by atoms with Crippen LogP contribution in [-0.4, -0.2) is 21.0 Å². The van der Waals surface area contributed by atoms with E-state index < -0.39 is 0 Å². The smallest absolute Gasteiger partial charge is 0.255 e. The number of rotatable bonds is 5. The molecule has 1 atom stereocenters. The number of hydrogen-bond donors (Lipinski definition) is 3. The minimum Gasteiger partial charge on any atom is -0.508 e. The first-order valence-corrected chi connectivity index (χ1v) is 9.10. The number of amides is 1. The Morgan fingerprint density at radius 3 is 2.61 bits per heavy atom. The highest BCUT2D eigenvalue weighted by atomic mass is 16.3. The number of aromatic hydroxyl groups is 1. The summed E-state index contributed by atoms with van der Waals surface area (Å²) in [5.41, 5.74) is 3.25. The molecule has 6 heteroatoms. The molecule has 2 heterocycles. The Morgan fingerprint density at radius 2 is 1.93 bits per heavy atom. The van der Waals surface area contributed by atoms with Gasteiger partial charge >= 0.3 is 0 Å². The van der Waals surface area contributed by atoms with E-state index in [1.165, 1.54) is 0 Å². The number of carbonyl (C=O) groups is 1. The second kappa shape index (κ2) is 7.23. The van der Waals surface area contributed by atoms with Crippen LogP contribution in [-0.2, 0) is 6.42 Å². The lowest BCUT2D eigenvalue weighted by Crippen LogP contribution is -2.31. The van der Waals surface area contributed by atoms with Crippen molar-refractivity contribution in [2.24, 2.45) is 0 Å². The lowest BCUT2D eigenvalue weighted by atomic mass is 10.0. The number of para-hydroxylation sites is 2. The van der Waals surface area contributed by atoms with Crippen molar-refractivity contribution in [3.05, 3.63) is 83.1 Å². The van der Waals surface area contributed by atoms with E-state index in [1.54, 1.807) is 25.1 Å². The lowest BCUT2D eigenvalue weighted by Gasteiger charge is -2.17. The Labute approximate surface area is 162 Å².